The van der Waals surface area contributed by atoms with Gasteiger partial charge in [0, 0.05) is 18.1 Å². The molecule has 0 fully saturated rings. The summed E-state index contributed by atoms with van der Waals surface area (Å²) >= 11 is 9.11. The normalized spacial score (nSPS) is 12.4. The maximum Gasteiger partial charge on any atom is 0.242 e. The summed E-state index contributed by atoms with van der Waals surface area (Å²) in [6.45, 7) is 1.34. The van der Waals surface area contributed by atoms with E-state index in [1.807, 2.05) is 19.0 Å². The fourth-order valence-electron chi connectivity index (χ4n) is 1.55. The molecule has 0 bridgehead atoms. The predicted octanol–water partition coefficient (Wildman–Crippen LogP) is 2.67. The zero-order valence-corrected chi connectivity index (χ0v) is 14.4. The summed E-state index contributed by atoms with van der Waals surface area (Å²) in [5.74, 6) is 0. The Morgan fingerprint density at radius 1 is 1.21 bits per heavy atom. The Kier molecular flexibility index (Phi) is 6.26. The number of sulfonamides is 1. The maximum atomic E-state index is 12.3. The lowest BCUT2D eigenvalue weighted by Crippen LogP contribution is -2.29. The van der Waals surface area contributed by atoms with E-state index in [4.69, 9.17) is 11.6 Å². The molecule has 0 unspecified atom stereocenters. The van der Waals surface area contributed by atoms with Crippen LogP contribution in [0.2, 0.25) is 5.02 Å². The molecule has 0 atom stereocenters. The standard InChI is InChI=1S/C12H18BrClN2O2S/c1-15(2)7-4-8-16(3)19(17,18)10-5-6-12(14)11(13)9-10/h5-6,9H,4,7-8H2,1-3H3. The summed E-state index contributed by atoms with van der Waals surface area (Å²) in [7, 11) is 2.07. The molecular formula is C12H18BrClN2O2S. The summed E-state index contributed by atoms with van der Waals surface area (Å²) in [4.78, 5) is 2.27. The van der Waals surface area contributed by atoms with Gasteiger partial charge in [-0.05, 0) is 61.2 Å². The molecule has 108 valence electrons. The van der Waals surface area contributed by atoms with Crippen LogP contribution >= 0.6 is 27.5 Å². The van der Waals surface area contributed by atoms with Crippen LogP contribution in [0.1, 0.15) is 6.42 Å². The van der Waals surface area contributed by atoms with Crippen molar-refractivity contribution >= 4 is 37.6 Å². The molecule has 0 aliphatic heterocycles. The molecule has 0 saturated heterocycles. The molecule has 0 aliphatic carbocycles. The van der Waals surface area contributed by atoms with Crippen molar-refractivity contribution in [3.05, 3.63) is 27.7 Å². The van der Waals surface area contributed by atoms with E-state index < -0.39 is 10.0 Å². The SMILES string of the molecule is CN(C)CCCN(C)S(=O)(=O)c1ccc(Cl)c(Br)c1. The first kappa shape index (κ1) is 16.9. The van der Waals surface area contributed by atoms with E-state index >= 15 is 0 Å². The molecular weight excluding hydrogens is 352 g/mol. The van der Waals surface area contributed by atoms with Crippen molar-refractivity contribution in [2.24, 2.45) is 0 Å². The van der Waals surface area contributed by atoms with Gasteiger partial charge in [-0.2, -0.15) is 0 Å². The highest BCUT2D eigenvalue weighted by atomic mass is 79.9. The minimum absolute atomic E-state index is 0.246. The summed E-state index contributed by atoms with van der Waals surface area (Å²) in [6.07, 6.45) is 0.789. The average molecular weight is 370 g/mol. The topological polar surface area (TPSA) is 40.6 Å². The van der Waals surface area contributed by atoms with Crippen LogP contribution in [-0.4, -0.2) is 51.9 Å². The minimum Gasteiger partial charge on any atom is -0.309 e. The highest BCUT2D eigenvalue weighted by Gasteiger charge is 2.21. The molecule has 0 saturated carbocycles. The molecule has 0 amide bonds. The Hall–Kier alpha value is -0.140. The van der Waals surface area contributed by atoms with Gasteiger partial charge in [0.25, 0.3) is 0 Å². The second-order valence-corrected chi connectivity index (χ2v) is 7.87. The first-order chi connectivity index (χ1) is 8.75. The van der Waals surface area contributed by atoms with Gasteiger partial charge in [0.05, 0.1) is 9.92 Å². The molecule has 0 N–H and O–H groups in total. The van der Waals surface area contributed by atoms with Gasteiger partial charge in [-0.15, -0.1) is 0 Å². The Morgan fingerprint density at radius 3 is 2.37 bits per heavy atom. The molecule has 0 radical (unpaired) electrons. The van der Waals surface area contributed by atoms with E-state index in [1.54, 1.807) is 13.1 Å². The third-order valence-corrected chi connectivity index (χ3v) is 5.74. The number of halogens is 2. The molecule has 4 nitrogen and oxygen atoms in total. The minimum atomic E-state index is -3.45. The molecule has 1 rings (SSSR count). The fraction of sp³-hybridized carbons (Fsp3) is 0.500. The summed E-state index contributed by atoms with van der Waals surface area (Å²) in [5.41, 5.74) is 0. The molecule has 19 heavy (non-hydrogen) atoms. The van der Waals surface area contributed by atoms with Crippen molar-refractivity contribution < 1.29 is 8.42 Å². The predicted molar refractivity (Wildman–Crippen MR) is 82.1 cm³/mol. The van der Waals surface area contributed by atoms with Crippen LogP contribution in [0.15, 0.2) is 27.6 Å². The van der Waals surface area contributed by atoms with Crippen molar-refractivity contribution in [2.75, 3.05) is 34.2 Å². The van der Waals surface area contributed by atoms with Gasteiger partial charge >= 0.3 is 0 Å². The number of nitrogens with zero attached hydrogens (tertiary/aromatic N) is 2. The van der Waals surface area contributed by atoms with Crippen LogP contribution in [0.4, 0.5) is 0 Å². The van der Waals surface area contributed by atoms with E-state index in [2.05, 4.69) is 15.9 Å². The first-order valence-corrected chi connectivity index (χ1v) is 8.42. The second kappa shape index (κ2) is 7.04. The Bertz CT molecular complexity index is 535. The van der Waals surface area contributed by atoms with E-state index in [1.165, 1.54) is 16.4 Å². The quantitative estimate of drug-likeness (QED) is 0.774. The summed E-state index contributed by atoms with van der Waals surface area (Å²) in [6, 6.07) is 4.62. The third-order valence-electron chi connectivity index (χ3n) is 2.68. The molecule has 0 heterocycles. The number of rotatable bonds is 6. The third kappa shape index (κ3) is 4.72. The van der Waals surface area contributed by atoms with Crippen molar-refractivity contribution in [1.82, 2.24) is 9.21 Å². The van der Waals surface area contributed by atoms with Gasteiger partial charge in [0.15, 0.2) is 0 Å². The average Bonchev–Trinajstić information content (AvgIpc) is 2.31. The molecule has 7 heteroatoms. The van der Waals surface area contributed by atoms with E-state index in [0.717, 1.165) is 13.0 Å². The lowest BCUT2D eigenvalue weighted by molar-refractivity contribution is 0.370. The van der Waals surface area contributed by atoms with Crippen LogP contribution in [0.5, 0.6) is 0 Å². The zero-order chi connectivity index (χ0) is 14.6. The van der Waals surface area contributed by atoms with Gasteiger partial charge in [0.2, 0.25) is 10.0 Å². The molecule has 0 spiro atoms. The highest BCUT2D eigenvalue weighted by Crippen LogP contribution is 2.26. The number of benzene rings is 1. The summed E-state index contributed by atoms with van der Waals surface area (Å²) < 4.78 is 26.6. The number of hydrogen-bond donors (Lipinski definition) is 0. The van der Waals surface area contributed by atoms with Crippen molar-refractivity contribution in [3.63, 3.8) is 0 Å². The molecule has 0 aliphatic rings. The summed E-state index contributed by atoms with van der Waals surface area (Å²) in [5, 5.41) is 0.495. The van der Waals surface area contributed by atoms with Gasteiger partial charge in [-0.1, -0.05) is 11.6 Å². The van der Waals surface area contributed by atoms with Crippen LogP contribution in [0, 0.1) is 0 Å². The highest BCUT2D eigenvalue weighted by molar-refractivity contribution is 9.10. The van der Waals surface area contributed by atoms with Crippen LogP contribution in [0.3, 0.4) is 0 Å². The van der Waals surface area contributed by atoms with Crippen molar-refractivity contribution in [2.45, 2.75) is 11.3 Å². The molecule has 0 aromatic heterocycles. The number of hydrogen-bond acceptors (Lipinski definition) is 3. The van der Waals surface area contributed by atoms with E-state index in [0.29, 0.717) is 16.0 Å². The second-order valence-electron chi connectivity index (χ2n) is 4.56. The first-order valence-electron chi connectivity index (χ1n) is 5.81. The maximum absolute atomic E-state index is 12.3. The van der Waals surface area contributed by atoms with Crippen LogP contribution in [-0.2, 0) is 10.0 Å². The Balaban J connectivity index is 2.81. The molecule has 1 aromatic rings. The molecule has 1 aromatic carbocycles. The lowest BCUT2D eigenvalue weighted by atomic mass is 10.4. The van der Waals surface area contributed by atoms with Crippen LogP contribution in [0.25, 0.3) is 0 Å². The lowest BCUT2D eigenvalue weighted by Gasteiger charge is -2.18. The van der Waals surface area contributed by atoms with Crippen LogP contribution < -0.4 is 0 Å². The van der Waals surface area contributed by atoms with Gasteiger partial charge < -0.3 is 4.90 Å². The monoisotopic (exact) mass is 368 g/mol. The Morgan fingerprint density at radius 2 is 1.84 bits per heavy atom. The Labute approximate surface area is 128 Å². The largest absolute Gasteiger partial charge is 0.309 e. The van der Waals surface area contributed by atoms with E-state index in [9.17, 15) is 8.42 Å². The zero-order valence-electron chi connectivity index (χ0n) is 11.2. The smallest absolute Gasteiger partial charge is 0.242 e. The van der Waals surface area contributed by atoms with Gasteiger partial charge in [0.1, 0.15) is 0 Å². The van der Waals surface area contributed by atoms with E-state index in [-0.39, 0.29) is 4.90 Å². The van der Waals surface area contributed by atoms with Gasteiger partial charge in [-0.25, -0.2) is 12.7 Å². The van der Waals surface area contributed by atoms with Crippen molar-refractivity contribution in [3.8, 4) is 0 Å². The fourth-order valence-corrected chi connectivity index (χ4v) is 3.43. The van der Waals surface area contributed by atoms with Crippen molar-refractivity contribution in [1.29, 1.82) is 0 Å². The van der Waals surface area contributed by atoms with Gasteiger partial charge in [-0.3, -0.25) is 0 Å².